The molecule has 60 valence electrons. The van der Waals surface area contributed by atoms with E-state index in [2.05, 4.69) is 43.5 Å². The predicted molar refractivity (Wildman–Crippen MR) is 55.9 cm³/mol. The minimum Gasteiger partial charge on any atom is -0.480 e. The van der Waals surface area contributed by atoms with Crippen molar-refractivity contribution >= 4 is 38.5 Å². The first-order chi connectivity index (χ1) is 5.15. The fourth-order valence-electron chi connectivity index (χ4n) is 0.680. The number of hydrogen-bond acceptors (Lipinski definition) is 2. The van der Waals surface area contributed by atoms with Gasteiger partial charge in [0, 0.05) is 4.47 Å². The molecular weight excluding hydrogens is 321 g/mol. The molecule has 1 rings (SSSR count). The van der Waals surface area contributed by atoms with Crippen molar-refractivity contribution in [3.05, 3.63) is 19.8 Å². The first kappa shape index (κ1) is 9.25. The van der Waals surface area contributed by atoms with Gasteiger partial charge in [0.1, 0.15) is 0 Å². The SMILES string of the molecule is COc1nc(C)c(Br)cc1I. The Labute approximate surface area is 87.6 Å². The molecule has 11 heavy (non-hydrogen) atoms. The summed E-state index contributed by atoms with van der Waals surface area (Å²) in [6.45, 7) is 1.93. The third-order valence-corrected chi connectivity index (χ3v) is 2.84. The van der Waals surface area contributed by atoms with Crippen molar-refractivity contribution in [2.75, 3.05) is 7.11 Å². The van der Waals surface area contributed by atoms with E-state index in [9.17, 15) is 0 Å². The number of ether oxygens (including phenoxy) is 1. The molecule has 0 N–H and O–H groups in total. The molecule has 0 radical (unpaired) electrons. The van der Waals surface area contributed by atoms with E-state index in [1.54, 1.807) is 7.11 Å². The average molecular weight is 328 g/mol. The van der Waals surface area contributed by atoms with Gasteiger partial charge in [-0.2, -0.15) is 0 Å². The van der Waals surface area contributed by atoms with Crippen molar-refractivity contribution in [1.82, 2.24) is 4.98 Å². The van der Waals surface area contributed by atoms with Crippen molar-refractivity contribution in [2.24, 2.45) is 0 Å². The largest absolute Gasteiger partial charge is 0.480 e. The molecule has 0 saturated heterocycles. The lowest BCUT2D eigenvalue weighted by molar-refractivity contribution is 0.393. The quantitative estimate of drug-likeness (QED) is 0.740. The monoisotopic (exact) mass is 327 g/mol. The maximum Gasteiger partial charge on any atom is 0.227 e. The number of rotatable bonds is 1. The van der Waals surface area contributed by atoms with Crippen LogP contribution < -0.4 is 4.74 Å². The normalized spacial score (nSPS) is 9.82. The van der Waals surface area contributed by atoms with Gasteiger partial charge in [0.2, 0.25) is 5.88 Å². The minimum absolute atomic E-state index is 0.686. The summed E-state index contributed by atoms with van der Waals surface area (Å²) < 4.78 is 7.07. The number of aryl methyl sites for hydroxylation is 1. The minimum atomic E-state index is 0.686. The van der Waals surface area contributed by atoms with Crippen LogP contribution >= 0.6 is 38.5 Å². The number of halogens is 2. The number of hydrogen-bond donors (Lipinski definition) is 0. The van der Waals surface area contributed by atoms with Gasteiger partial charge in [-0.05, 0) is 51.5 Å². The lowest BCUT2D eigenvalue weighted by Crippen LogP contribution is -1.93. The Kier molecular flexibility index (Phi) is 3.12. The Morgan fingerprint density at radius 2 is 2.27 bits per heavy atom. The second-order valence-electron chi connectivity index (χ2n) is 2.05. The molecule has 1 aromatic rings. The van der Waals surface area contributed by atoms with Gasteiger partial charge >= 0.3 is 0 Å². The fourth-order valence-corrected chi connectivity index (χ4v) is 2.08. The van der Waals surface area contributed by atoms with Gasteiger partial charge in [-0.15, -0.1) is 0 Å². The second-order valence-corrected chi connectivity index (χ2v) is 4.06. The van der Waals surface area contributed by atoms with Crippen LogP contribution in [0, 0.1) is 10.5 Å². The van der Waals surface area contributed by atoms with Crippen molar-refractivity contribution in [3.63, 3.8) is 0 Å². The van der Waals surface area contributed by atoms with E-state index in [-0.39, 0.29) is 0 Å². The third-order valence-electron chi connectivity index (χ3n) is 1.27. The van der Waals surface area contributed by atoms with E-state index >= 15 is 0 Å². The summed E-state index contributed by atoms with van der Waals surface area (Å²) in [5.41, 5.74) is 0.947. The zero-order valence-electron chi connectivity index (χ0n) is 6.19. The third kappa shape index (κ3) is 2.05. The molecular formula is C7H7BrINO. The van der Waals surface area contributed by atoms with Crippen LogP contribution in [0.2, 0.25) is 0 Å². The predicted octanol–water partition coefficient (Wildman–Crippen LogP) is 2.77. The standard InChI is InChI=1S/C7H7BrINO/c1-4-5(8)3-6(9)7(10-4)11-2/h3H,1-2H3. The van der Waals surface area contributed by atoms with Crippen molar-refractivity contribution < 1.29 is 4.74 Å². The summed E-state index contributed by atoms with van der Waals surface area (Å²) >= 11 is 5.57. The molecule has 0 atom stereocenters. The van der Waals surface area contributed by atoms with Crippen LogP contribution in [0.1, 0.15) is 5.69 Å². The Morgan fingerprint density at radius 1 is 1.64 bits per heavy atom. The maximum absolute atomic E-state index is 5.04. The molecule has 2 nitrogen and oxygen atoms in total. The molecule has 4 heteroatoms. The summed E-state index contributed by atoms with van der Waals surface area (Å²) in [4.78, 5) is 4.21. The Hall–Kier alpha value is 0.160. The molecule has 1 aromatic heterocycles. The molecule has 0 aliphatic heterocycles. The smallest absolute Gasteiger partial charge is 0.227 e. The van der Waals surface area contributed by atoms with Gasteiger partial charge in [0.15, 0.2) is 0 Å². The van der Waals surface area contributed by atoms with Gasteiger partial charge in [0.25, 0.3) is 0 Å². The van der Waals surface area contributed by atoms with Crippen molar-refractivity contribution in [3.8, 4) is 5.88 Å². The van der Waals surface area contributed by atoms with E-state index in [1.165, 1.54) is 0 Å². The highest BCUT2D eigenvalue weighted by atomic mass is 127. The van der Waals surface area contributed by atoms with Crippen molar-refractivity contribution in [1.29, 1.82) is 0 Å². The van der Waals surface area contributed by atoms with Crippen LogP contribution in [-0.2, 0) is 0 Å². The highest BCUT2D eigenvalue weighted by molar-refractivity contribution is 14.1. The molecule has 0 amide bonds. The van der Waals surface area contributed by atoms with Crippen LogP contribution in [0.3, 0.4) is 0 Å². The van der Waals surface area contributed by atoms with Crippen LogP contribution in [0.5, 0.6) is 5.88 Å². The lowest BCUT2D eigenvalue weighted by atomic mass is 10.4. The van der Waals surface area contributed by atoms with Crippen LogP contribution in [-0.4, -0.2) is 12.1 Å². The Balaban J connectivity index is 3.21. The molecule has 0 saturated carbocycles. The van der Waals surface area contributed by atoms with Gasteiger partial charge in [-0.25, -0.2) is 4.98 Å². The van der Waals surface area contributed by atoms with E-state index in [0.29, 0.717) is 5.88 Å². The number of pyridine rings is 1. The van der Waals surface area contributed by atoms with E-state index in [4.69, 9.17) is 4.74 Å². The van der Waals surface area contributed by atoms with Crippen LogP contribution in [0.25, 0.3) is 0 Å². The molecule has 0 unspecified atom stereocenters. The maximum atomic E-state index is 5.04. The summed E-state index contributed by atoms with van der Waals surface area (Å²) in [5, 5.41) is 0. The number of aromatic nitrogens is 1. The summed E-state index contributed by atoms with van der Waals surface area (Å²) in [6, 6.07) is 1.99. The second kappa shape index (κ2) is 3.71. The fraction of sp³-hybridized carbons (Fsp3) is 0.286. The van der Waals surface area contributed by atoms with Gasteiger partial charge in [-0.1, -0.05) is 0 Å². The van der Waals surface area contributed by atoms with E-state index in [0.717, 1.165) is 13.7 Å². The average Bonchev–Trinajstić information content (AvgIpc) is 1.97. The summed E-state index contributed by atoms with van der Waals surface area (Å²) in [7, 11) is 1.62. The first-order valence-electron chi connectivity index (χ1n) is 3.01. The molecule has 0 aliphatic carbocycles. The van der Waals surface area contributed by atoms with Gasteiger partial charge < -0.3 is 4.74 Å². The Bertz CT molecular complexity index is 277. The highest BCUT2D eigenvalue weighted by Crippen LogP contribution is 2.24. The molecule has 0 fully saturated rings. The van der Waals surface area contributed by atoms with Crippen LogP contribution in [0.15, 0.2) is 10.5 Å². The van der Waals surface area contributed by atoms with Crippen molar-refractivity contribution in [2.45, 2.75) is 6.92 Å². The molecule has 0 aliphatic rings. The van der Waals surface area contributed by atoms with Gasteiger partial charge in [0.05, 0.1) is 16.4 Å². The topological polar surface area (TPSA) is 22.1 Å². The zero-order chi connectivity index (χ0) is 8.43. The molecule has 0 aromatic carbocycles. The first-order valence-corrected chi connectivity index (χ1v) is 4.89. The molecule has 1 heterocycles. The zero-order valence-corrected chi connectivity index (χ0v) is 9.93. The number of nitrogens with zero attached hydrogens (tertiary/aromatic N) is 1. The molecule has 0 bridgehead atoms. The summed E-state index contributed by atoms with van der Waals surface area (Å²) in [5.74, 6) is 0.686. The summed E-state index contributed by atoms with van der Waals surface area (Å²) in [6.07, 6.45) is 0. The van der Waals surface area contributed by atoms with E-state index in [1.807, 2.05) is 13.0 Å². The van der Waals surface area contributed by atoms with Crippen LogP contribution in [0.4, 0.5) is 0 Å². The highest BCUT2D eigenvalue weighted by Gasteiger charge is 2.04. The van der Waals surface area contributed by atoms with Gasteiger partial charge in [-0.3, -0.25) is 0 Å². The molecule has 0 spiro atoms. The Morgan fingerprint density at radius 3 is 2.82 bits per heavy atom. The number of methoxy groups -OCH3 is 1. The van der Waals surface area contributed by atoms with E-state index < -0.39 is 0 Å². The lowest BCUT2D eigenvalue weighted by Gasteiger charge is -2.03.